The molecular formula is C43H35N3. The van der Waals surface area contributed by atoms with Crippen LogP contribution < -0.4 is 11.1 Å². The van der Waals surface area contributed by atoms with Crippen LogP contribution in [0.15, 0.2) is 163 Å². The number of fused-ring (bicyclic) bond motifs is 6. The molecule has 1 unspecified atom stereocenters. The topological polar surface area (TPSA) is 43.0 Å². The van der Waals surface area contributed by atoms with Gasteiger partial charge in [0, 0.05) is 27.5 Å². The SMILES string of the molecule is CC(=C/N)/C=C(\C)C1C=CC=C(c2ccc3c(ccc4c5ccc(-c6ccc7ccccc7c6)cc5n(-c5ccccc5)c34)c2)N1. The Morgan fingerprint density at radius 3 is 2.20 bits per heavy atom. The highest BCUT2D eigenvalue weighted by molar-refractivity contribution is 6.19. The minimum Gasteiger partial charge on any atom is -0.404 e. The summed E-state index contributed by atoms with van der Waals surface area (Å²) in [5, 5.41) is 11.2. The van der Waals surface area contributed by atoms with Crippen LogP contribution in [-0.4, -0.2) is 10.6 Å². The number of hydrogen-bond acceptors (Lipinski definition) is 2. The normalized spacial score (nSPS) is 15.5. The molecule has 0 saturated heterocycles. The zero-order valence-corrected chi connectivity index (χ0v) is 26.0. The van der Waals surface area contributed by atoms with Gasteiger partial charge in [0.05, 0.1) is 17.1 Å². The van der Waals surface area contributed by atoms with Crippen LogP contribution in [0.3, 0.4) is 0 Å². The predicted molar refractivity (Wildman–Crippen MR) is 197 cm³/mol. The van der Waals surface area contributed by atoms with Crippen molar-refractivity contribution in [3.05, 3.63) is 169 Å². The maximum Gasteiger partial charge on any atom is 0.0661 e. The number of hydrogen-bond donors (Lipinski definition) is 2. The molecule has 7 aromatic rings. The summed E-state index contributed by atoms with van der Waals surface area (Å²) in [4.78, 5) is 0. The van der Waals surface area contributed by atoms with Crippen LogP contribution in [0.25, 0.3) is 65.9 Å². The van der Waals surface area contributed by atoms with E-state index in [4.69, 9.17) is 5.73 Å². The summed E-state index contributed by atoms with van der Waals surface area (Å²) < 4.78 is 2.44. The number of rotatable bonds is 5. The Kier molecular flexibility index (Phi) is 6.80. The second-order valence-electron chi connectivity index (χ2n) is 12.2. The van der Waals surface area contributed by atoms with Crippen molar-refractivity contribution in [3.63, 3.8) is 0 Å². The maximum absolute atomic E-state index is 5.73. The Labute approximate surface area is 269 Å². The van der Waals surface area contributed by atoms with Crippen LogP contribution in [0, 0.1) is 0 Å². The molecule has 2 heterocycles. The van der Waals surface area contributed by atoms with Crippen LogP contribution in [0.2, 0.25) is 0 Å². The largest absolute Gasteiger partial charge is 0.404 e. The summed E-state index contributed by atoms with van der Waals surface area (Å²) in [6.45, 7) is 4.17. The first-order valence-corrected chi connectivity index (χ1v) is 15.8. The van der Waals surface area contributed by atoms with Gasteiger partial charge in [-0.05, 0) is 100 Å². The molecule has 0 radical (unpaired) electrons. The van der Waals surface area contributed by atoms with Gasteiger partial charge in [0.2, 0.25) is 0 Å². The number of dihydropyridines is 1. The molecule has 3 nitrogen and oxygen atoms in total. The fourth-order valence-electron chi connectivity index (χ4n) is 6.87. The Bertz CT molecular complexity index is 2420. The number of para-hydroxylation sites is 1. The minimum atomic E-state index is 0.116. The van der Waals surface area contributed by atoms with Crippen molar-refractivity contribution in [1.82, 2.24) is 9.88 Å². The fourth-order valence-corrected chi connectivity index (χ4v) is 6.87. The molecule has 1 aliphatic rings. The molecule has 0 aliphatic carbocycles. The van der Waals surface area contributed by atoms with E-state index in [1.54, 1.807) is 6.20 Å². The van der Waals surface area contributed by atoms with Gasteiger partial charge < -0.3 is 15.6 Å². The summed E-state index contributed by atoms with van der Waals surface area (Å²) >= 11 is 0. The molecule has 46 heavy (non-hydrogen) atoms. The lowest BCUT2D eigenvalue weighted by Gasteiger charge is -2.23. The first-order chi connectivity index (χ1) is 22.6. The molecular weight excluding hydrogens is 558 g/mol. The van der Waals surface area contributed by atoms with E-state index in [0.717, 1.165) is 17.0 Å². The number of nitrogens with two attached hydrogens (primary N) is 1. The predicted octanol–water partition coefficient (Wildman–Crippen LogP) is 10.4. The molecule has 3 heteroatoms. The van der Waals surface area contributed by atoms with Crippen molar-refractivity contribution in [3.8, 4) is 16.8 Å². The zero-order valence-electron chi connectivity index (χ0n) is 26.0. The monoisotopic (exact) mass is 593 g/mol. The number of aromatic nitrogens is 1. The molecule has 1 aromatic heterocycles. The van der Waals surface area contributed by atoms with Crippen LogP contribution >= 0.6 is 0 Å². The molecule has 3 N–H and O–H groups in total. The Morgan fingerprint density at radius 2 is 1.35 bits per heavy atom. The zero-order chi connectivity index (χ0) is 31.2. The van der Waals surface area contributed by atoms with Gasteiger partial charge in [-0.3, -0.25) is 0 Å². The summed E-state index contributed by atoms with van der Waals surface area (Å²) in [6, 6.07) is 44.5. The first kappa shape index (κ1) is 27.7. The van der Waals surface area contributed by atoms with Gasteiger partial charge in [-0.1, -0.05) is 109 Å². The highest BCUT2D eigenvalue weighted by atomic mass is 15.0. The summed E-state index contributed by atoms with van der Waals surface area (Å²) in [5.74, 6) is 0. The molecule has 222 valence electrons. The van der Waals surface area contributed by atoms with Crippen LogP contribution in [0.1, 0.15) is 19.4 Å². The molecule has 0 saturated carbocycles. The lowest BCUT2D eigenvalue weighted by Crippen LogP contribution is -2.28. The lowest BCUT2D eigenvalue weighted by atomic mass is 9.98. The van der Waals surface area contributed by atoms with Crippen molar-refractivity contribution >= 4 is 49.0 Å². The van der Waals surface area contributed by atoms with E-state index in [0.29, 0.717) is 0 Å². The van der Waals surface area contributed by atoms with Gasteiger partial charge in [0.1, 0.15) is 0 Å². The quantitative estimate of drug-likeness (QED) is 0.195. The number of nitrogens with one attached hydrogen (secondary N) is 1. The maximum atomic E-state index is 5.73. The molecule has 0 fully saturated rings. The standard InChI is InChI=1S/C43H35N3/c1-28(27-44)23-29(2)40-13-8-14-41(45-40)35-19-20-37-34(25-35)18-22-39-38-21-17-33(32-16-15-30-9-6-7-10-31(30)24-32)26-42(38)46(43(37)39)36-11-4-3-5-12-36/h3-27,40,45H,44H2,1-2H3/b28-27-,29-23+. The van der Waals surface area contributed by atoms with E-state index >= 15 is 0 Å². The molecule has 1 aliphatic heterocycles. The summed E-state index contributed by atoms with van der Waals surface area (Å²) in [7, 11) is 0. The van der Waals surface area contributed by atoms with Crippen molar-refractivity contribution in [2.75, 3.05) is 0 Å². The third kappa shape index (κ3) is 4.78. The second-order valence-corrected chi connectivity index (χ2v) is 12.2. The van der Waals surface area contributed by atoms with Crippen LogP contribution in [0.4, 0.5) is 0 Å². The summed E-state index contributed by atoms with van der Waals surface area (Å²) in [5.41, 5.74) is 16.3. The second kappa shape index (κ2) is 11.3. The smallest absolute Gasteiger partial charge is 0.0661 e. The minimum absolute atomic E-state index is 0.116. The molecule has 0 amide bonds. The molecule has 0 bridgehead atoms. The van der Waals surface area contributed by atoms with E-state index < -0.39 is 0 Å². The number of allylic oxidation sites excluding steroid dienone is 4. The Balaban J connectivity index is 1.28. The van der Waals surface area contributed by atoms with Crippen LogP contribution in [0.5, 0.6) is 0 Å². The van der Waals surface area contributed by atoms with Crippen molar-refractivity contribution in [1.29, 1.82) is 0 Å². The van der Waals surface area contributed by atoms with Crippen molar-refractivity contribution in [2.24, 2.45) is 5.73 Å². The average molecular weight is 594 g/mol. The Hall–Kier alpha value is -5.80. The molecule has 8 rings (SSSR count). The van der Waals surface area contributed by atoms with Gasteiger partial charge in [0.15, 0.2) is 0 Å². The van der Waals surface area contributed by atoms with Gasteiger partial charge in [-0.15, -0.1) is 0 Å². The number of nitrogens with zero attached hydrogens (tertiary/aromatic N) is 1. The highest BCUT2D eigenvalue weighted by Crippen LogP contribution is 2.39. The Morgan fingerprint density at radius 1 is 0.674 bits per heavy atom. The third-order valence-electron chi connectivity index (χ3n) is 9.24. The summed E-state index contributed by atoms with van der Waals surface area (Å²) in [6.07, 6.45) is 10.3. The van der Waals surface area contributed by atoms with E-state index in [9.17, 15) is 0 Å². The highest BCUT2D eigenvalue weighted by Gasteiger charge is 2.18. The van der Waals surface area contributed by atoms with Gasteiger partial charge in [0.25, 0.3) is 0 Å². The molecule has 6 aromatic carbocycles. The van der Waals surface area contributed by atoms with E-state index in [-0.39, 0.29) is 6.04 Å². The van der Waals surface area contributed by atoms with Gasteiger partial charge >= 0.3 is 0 Å². The van der Waals surface area contributed by atoms with Gasteiger partial charge in [-0.25, -0.2) is 0 Å². The first-order valence-electron chi connectivity index (χ1n) is 15.8. The van der Waals surface area contributed by atoms with E-state index in [1.165, 1.54) is 65.6 Å². The van der Waals surface area contributed by atoms with Gasteiger partial charge in [-0.2, -0.15) is 0 Å². The fraction of sp³-hybridized carbons (Fsp3) is 0.0698. The van der Waals surface area contributed by atoms with Crippen molar-refractivity contribution in [2.45, 2.75) is 19.9 Å². The van der Waals surface area contributed by atoms with Crippen molar-refractivity contribution < 1.29 is 0 Å². The van der Waals surface area contributed by atoms with Crippen LogP contribution in [-0.2, 0) is 0 Å². The third-order valence-corrected chi connectivity index (χ3v) is 9.24. The number of benzene rings is 6. The average Bonchev–Trinajstić information content (AvgIpc) is 3.45. The lowest BCUT2D eigenvalue weighted by molar-refractivity contribution is 0.801. The van der Waals surface area contributed by atoms with E-state index in [2.05, 4.69) is 162 Å². The molecule has 0 spiro atoms. The van der Waals surface area contributed by atoms with E-state index in [1.807, 2.05) is 6.92 Å². The molecule has 1 atom stereocenters.